The highest BCUT2D eigenvalue weighted by atomic mass is 16.4. The van der Waals surface area contributed by atoms with Crippen LogP contribution < -0.4 is 0 Å². The predicted octanol–water partition coefficient (Wildman–Crippen LogP) is 12.1. The standard InChI is InChI=1S/C43H72O3/c1-3-5-7-9-11-13-15-17-19-21-23-25-27-29-31-33-35-37-39-43(46,42(45)41-44)40-38-36-34-32-30-28-26-24-22-20-18-16-14-12-10-8-6-4-2/h11-14,17-20,23-26,29-32,42,44-46H,3-10,15-16,21-22,27-28,33-41H2,1-2H3. The molecule has 0 heterocycles. The Kier molecular flexibility index (Phi) is 33.9. The van der Waals surface area contributed by atoms with Gasteiger partial charge in [0.15, 0.2) is 0 Å². The molecular weight excluding hydrogens is 564 g/mol. The SMILES string of the molecule is CCCCCC=CCC=CCC=CCC=CCCCCC(O)(CCCCC=CCC=CCC=CCC=CCCCCC)C(O)CO. The summed E-state index contributed by atoms with van der Waals surface area (Å²) in [5, 5.41) is 30.9. The molecule has 0 radical (unpaired) electrons. The molecule has 0 spiro atoms. The van der Waals surface area contributed by atoms with E-state index in [1.807, 2.05) is 0 Å². The number of allylic oxidation sites excluding steroid dienone is 16. The van der Waals surface area contributed by atoms with Gasteiger partial charge in [0.2, 0.25) is 0 Å². The van der Waals surface area contributed by atoms with Crippen LogP contribution in [-0.2, 0) is 0 Å². The van der Waals surface area contributed by atoms with Gasteiger partial charge >= 0.3 is 0 Å². The zero-order valence-electron chi connectivity index (χ0n) is 29.9. The van der Waals surface area contributed by atoms with Gasteiger partial charge in [-0.15, -0.1) is 0 Å². The molecule has 46 heavy (non-hydrogen) atoms. The van der Waals surface area contributed by atoms with E-state index in [1.54, 1.807) is 0 Å². The van der Waals surface area contributed by atoms with Gasteiger partial charge in [0.05, 0.1) is 12.2 Å². The van der Waals surface area contributed by atoms with Crippen LogP contribution in [0.3, 0.4) is 0 Å². The molecule has 0 saturated heterocycles. The number of hydrogen-bond donors (Lipinski definition) is 3. The number of unbranched alkanes of at least 4 members (excludes halogenated alkanes) is 10. The number of rotatable bonds is 32. The molecule has 3 heteroatoms. The van der Waals surface area contributed by atoms with Crippen LogP contribution in [-0.4, -0.2) is 33.6 Å². The summed E-state index contributed by atoms with van der Waals surface area (Å²) >= 11 is 0. The van der Waals surface area contributed by atoms with Crippen molar-refractivity contribution in [3.05, 3.63) is 97.2 Å². The second-order valence-corrected chi connectivity index (χ2v) is 12.5. The highest BCUT2D eigenvalue weighted by molar-refractivity contribution is 5.01. The van der Waals surface area contributed by atoms with Gasteiger partial charge < -0.3 is 15.3 Å². The van der Waals surface area contributed by atoms with Crippen LogP contribution in [0.15, 0.2) is 97.2 Å². The molecule has 1 unspecified atom stereocenters. The summed E-state index contributed by atoms with van der Waals surface area (Å²) < 4.78 is 0. The van der Waals surface area contributed by atoms with Crippen molar-refractivity contribution in [3.63, 3.8) is 0 Å². The minimum absolute atomic E-state index is 0.398. The molecule has 0 aliphatic rings. The number of aliphatic hydroxyl groups excluding tert-OH is 2. The molecule has 1 atom stereocenters. The van der Waals surface area contributed by atoms with Crippen LogP contribution >= 0.6 is 0 Å². The third-order valence-electron chi connectivity index (χ3n) is 8.17. The van der Waals surface area contributed by atoms with E-state index in [0.29, 0.717) is 12.8 Å². The van der Waals surface area contributed by atoms with Gasteiger partial charge in [-0.25, -0.2) is 0 Å². The average Bonchev–Trinajstić information content (AvgIpc) is 3.06. The molecule has 3 nitrogen and oxygen atoms in total. The van der Waals surface area contributed by atoms with Gasteiger partial charge in [-0.05, 0) is 103 Å². The molecule has 0 fully saturated rings. The monoisotopic (exact) mass is 637 g/mol. The molecule has 0 aliphatic carbocycles. The number of aliphatic hydroxyl groups is 3. The zero-order chi connectivity index (χ0) is 33.7. The van der Waals surface area contributed by atoms with Crippen LogP contribution in [0.5, 0.6) is 0 Å². The zero-order valence-corrected chi connectivity index (χ0v) is 29.9. The molecular formula is C43H72O3. The maximum absolute atomic E-state index is 11.1. The lowest BCUT2D eigenvalue weighted by Crippen LogP contribution is -2.44. The Hall–Kier alpha value is -2.20. The molecule has 0 amide bonds. The lowest BCUT2D eigenvalue weighted by Gasteiger charge is -2.32. The maximum atomic E-state index is 11.1. The Morgan fingerprint density at radius 1 is 0.413 bits per heavy atom. The van der Waals surface area contributed by atoms with Crippen molar-refractivity contribution >= 4 is 0 Å². The van der Waals surface area contributed by atoms with Crippen molar-refractivity contribution in [1.82, 2.24) is 0 Å². The molecule has 3 N–H and O–H groups in total. The van der Waals surface area contributed by atoms with Crippen LogP contribution in [0.1, 0.15) is 155 Å². The number of hydrogen-bond acceptors (Lipinski definition) is 3. The van der Waals surface area contributed by atoms with Crippen molar-refractivity contribution in [2.24, 2.45) is 0 Å². The van der Waals surface area contributed by atoms with E-state index in [4.69, 9.17) is 0 Å². The van der Waals surface area contributed by atoms with E-state index < -0.39 is 18.3 Å². The fourth-order valence-corrected chi connectivity index (χ4v) is 5.14. The Balaban J connectivity index is 3.97. The summed E-state index contributed by atoms with van der Waals surface area (Å²) in [5.74, 6) is 0. The van der Waals surface area contributed by atoms with Gasteiger partial charge in [0.1, 0.15) is 6.10 Å². The molecule has 0 aliphatic heterocycles. The maximum Gasteiger partial charge on any atom is 0.106 e. The topological polar surface area (TPSA) is 60.7 Å². The molecule has 262 valence electrons. The second-order valence-electron chi connectivity index (χ2n) is 12.5. The third-order valence-corrected chi connectivity index (χ3v) is 8.17. The first-order valence-corrected chi connectivity index (χ1v) is 18.8. The van der Waals surface area contributed by atoms with E-state index in [0.717, 1.165) is 77.0 Å². The lowest BCUT2D eigenvalue weighted by molar-refractivity contribution is -0.106. The van der Waals surface area contributed by atoms with Gasteiger partial charge in [-0.3, -0.25) is 0 Å². The summed E-state index contributed by atoms with van der Waals surface area (Å²) in [6.45, 7) is 4.08. The molecule has 0 aromatic rings. The first-order valence-electron chi connectivity index (χ1n) is 18.8. The molecule has 0 bridgehead atoms. The molecule has 0 aromatic carbocycles. The lowest BCUT2D eigenvalue weighted by atomic mass is 9.85. The fraction of sp³-hybridized carbons (Fsp3) is 0.628. The Bertz CT molecular complexity index is 806. The third kappa shape index (κ3) is 30.5. The van der Waals surface area contributed by atoms with Crippen molar-refractivity contribution < 1.29 is 15.3 Å². The molecule has 0 aromatic heterocycles. The fourth-order valence-electron chi connectivity index (χ4n) is 5.14. The smallest absolute Gasteiger partial charge is 0.106 e. The van der Waals surface area contributed by atoms with Crippen molar-refractivity contribution in [3.8, 4) is 0 Å². The second kappa shape index (κ2) is 35.7. The summed E-state index contributed by atoms with van der Waals surface area (Å²) in [7, 11) is 0. The molecule has 0 rings (SSSR count). The van der Waals surface area contributed by atoms with Gasteiger partial charge in [-0.2, -0.15) is 0 Å². The first-order chi connectivity index (χ1) is 22.6. The van der Waals surface area contributed by atoms with Gasteiger partial charge in [-0.1, -0.05) is 150 Å². The Labute approximate surface area is 285 Å². The Morgan fingerprint density at radius 2 is 0.674 bits per heavy atom. The van der Waals surface area contributed by atoms with Crippen LogP contribution in [0.25, 0.3) is 0 Å². The first kappa shape index (κ1) is 43.8. The van der Waals surface area contributed by atoms with Crippen molar-refractivity contribution in [2.45, 2.75) is 167 Å². The van der Waals surface area contributed by atoms with Crippen LogP contribution in [0, 0.1) is 0 Å². The van der Waals surface area contributed by atoms with E-state index in [9.17, 15) is 15.3 Å². The summed E-state index contributed by atoms with van der Waals surface area (Å²) in [6, 6.07) is 0. The van der Waals surface area contributed by atoms with E-state index in [2.05, 4.69) is 111 Å². The van der Waals surface area contributed by atoms with E-state index >= 15 is 0 Å². The van der Waals surface area contributed by atoms with Crippen LogP contribution in [0.2, 0.25) is 0 Å². The highest BCUT2D eigenvalue weighted by Gasteiger charge is 2.33. The summed E-state index contributed by atoms with van der Waals surface area (Å²) in [4.78, 5) is 0. The highest BCUT2D eigenvalue weighted by Crippen LogP contribution is 2.26. The van der Waals surface area contributed by atoms with E-state index in [-0.39, 0.29) is 0 Å². The van der Waals surface area contributed by atoms with Crippen LogP contribution in [0.4, 0.5) is 0 Å². The predicted molar refractivity (Wildman–Crippen MR) is 204 cm³/mol. The molecule has 0 saturated carbocycles. The normalized spacial score (nSPS) is 15.2. The van der Waals surface area contributed by atoms with Gasteiger partial charge in [0.25, 0.3) is 0 Å². The van der Waals surface area contributed by atoms with E-state index in [1.165, 1.54) is 51.4 Å². The van der Waals surface area contributed by atoms with Crippen molar-refractivity contribution in [1.29, 1.82) is 0 Å². The largest absolute Gasteiger partial charge is 0.394 e. The quantitative estimate of drug-likeness (QED) is 0.0508. The summed E-state index contributed by atoms with van der Waals surface area (Å²) in [6.07, 6.45) is 57.3. The van der Waals surface area contributed by atoms with Gasteiger partial charge in [0, 0.05) is 0 Å². The van der Waals surface area contributed by atoms with Crippen molar-refractivity contribution in [2.75, 3.05) is 6.61 Å². The minimum atomic E-state index is -1.20. The Morgan fingerprint density at radius 3 is 0.935 bits per heavy atom. The minimum Gasteiger partial charge on any atom is -0.394 e. The summed E-state index contributed by atoms with van der Waals surface area (Å²) in [5.41, 5.74) is -1.20. The average molecular weight is 637 g/mol.